The standard InChI is InChI=1S/C12H16N2OS.C2HF3O2/c15-12(11-8-6-10(11)14-7-8)13-4-3-9-2-1-5-16-9;3-2(4,5)1(6)7/h1-2,5,8,10-11,14H,3-4,6-7H2,(H,13,15);(H,6,7). The second kappa shape index (κ2) is 7.31. The predicted octanol–water partition coefficient (Wildman–Crippen LogP) is 1.65. The number of fused-ring (bicyclic) bond motifs is 1. The fourth-order valence-electron chi connectivity index (χ4n) is 2.75. The largest absolute Gasteiger partial charge is 0.490 e. The smallest absolute Gasteiger partial charge is 0.475 e. The van der Waals surface area contributed by atoms with Gasteiger partial charge in [0, 0.05) is 17.5 Å². The molecule has 2 bridgehead atoms. The summed E-state index contributed by atoms with van der Waals surface area (Å²) in [6, 6.07) is 4.63. The average Bonchev–Trinajstić information content (AvgIpc) is 3.16. The van der Waals surface area contributed by atoms with Gasteiger partial charge in [0.05, 0.1) is 5.92 Å². The summed E-state index contributed by atoms with van der Waals surface area (Å²) in [5.74, 6) is -1.65. The Morgan fingerprint density at radius 1 is 1.43 bits per heavy atom. The quantitative estimate of drug-likeness (QED) is 0.772. The van der Waals surface area contributed by atoms with Crippen molar-refractivity contribution in [2.45, 2.75) is 25.1 Å². The van der Waals surface area contributed by atoms with Crippen LogP contribution in [0.3, 0.4) is 0 Å². The third-order valence-corrected chi connectivity index (χ3v) is 4.87. The maximum Gasteiger partial charge on any atom is 0.490 e. The van der Waals surface area contributed by atoms with Crippen LogP contribution in [0.1, 0.15) is 11.3 Å². The maximum absolute atomic E-state index is 11.9. The zero-order chi connectivity index (χ0) is 17.0. The molecule has 128 valence electrons. The van der Waals surface area contributed by atoms with Crippen LogP contribution in [0, 0.1) is 11.8 Å². The van der Waals surface area contributed by atoms with Crippen molar-refractivity contribution in [3.8, 4) is 0 Å². The van der Waals surface area contributed by atoms with Crippen molar-refractivity contribution in [1.82, 2.24) is 10.6 Å². The normalized spacial score (nSPS) is 25.1. The van der Waals surface area contributed by atoms with Gasteiger partial charge in [-0.15, -0.1) is 11.3 Å². The summed E-state index contributed by atoms with van der Waals surface area (Å²) < 4.78 is 31.7. The molecule has 9 heteroatoms. The van der Waals surface area contributed by atoms with Gasteiger partial charge >= 0.3 is 12.1 Å². The molecule has 5 nitrogen and oxygen atoms in total. The molecule has 1 aromatic heterocycles. The predicted molar refractivity (Wildman–Crippen MR) is 78.1 cm³/mol. The highest BCUT2D eigenvalue weighted by atomic mass is 32.1. The van der Waals surface area contributed by atoms with E-state index < -0.39 is 12.1 Å². The van der Waals surface area contributed by atoms with Crippen molar-refractivity contribution in [2.24, 2.45) is 11.8 Å². The topological polar surface area (TPSA) is 78.4 Å². The van der Waals surface area contributed by atoms with Gasteiger partial charge in [-0.25, -0.2) is 4.79 Å². The van der Waals surface area contributed by atoms with E-state index in [2.05, 4.69) is 28.1 Å². The van der Waals surface area contributed by atoms with E-state index in [-0.39, 0.29) is 11.8 Å². The molecule has 2 saturated heterocycles. The number of thiophene rings is 1. The average molecular weight is 350 g/mol. The van der Waals surface area contributed by atoms with Crippen LogP contribution in [0.2, 0.25) is 0 Å². The van der Waals surface area contributed by atoms with Crippen LogP contribution < -0.4 is 10.6 Å². The number of nitrogens with one attached hydrogen (secondary N) is 2. The number of carbonyl (C=O) groups excluding carboxylic acids is 1. The van der Waals surface area contributed by atoms with Gasteiger partial charge in [0.15, 0.2) is 0 Å². The number of carboxylic acid groups (broad SMARTS) is 1. The molecule has 4 rings (SSSR count). The summed E-state index contributed by atoms with van der Waals surface area (Å²) in [7, 11) is 0. The lowest BCUT2D eigenvalue weighted by Gasteiger charge is -2.32. The Bertz CT molecular complexity index is 534. The Balaban J connectivity index is 0.000000236. The molecule has 3 fully saturated rings. The van der Waals surface area contributed by atoms with Gasteiger partial charge < -0.3 is 15.7 Å². The van der Waals surface area contributed by atoms with E-state index in [1.807, 2.05) is 0 Å². The first kappa shape index (κ1) is 17.7. The van der Waals surface area contributed by atoms with E-state index in [1.54, 1.807) is 11.3 Å². The fraction of sp³-hybridized carbons (Fsp3) is 0.571. The molecule has 3 heterocycles. The maximum atomic E-state index is 11.9. The van der Waals surface area contributed by atoms with Crippen LogP contribution >= 0.6 is 11.3 Å². The lowest BCUT2D eigenvalue weighted by molar-refractivity contribution is -0.192. The summed E-state index contributed by atoms with van der Waals surface area (Å²) >= 11 is 1.75. The van der Waals surface area contributed by atoms with Crippen molar-refractivity contribution in [1.29, 1.82) is 0 Å². The molecule has 0 spiro atoms. The van der Waals surface area contributed by atoms with Gasteiger partial charge in [-0.1, -0.05) is 6.07 Å². The Morgan fingerprint density at radius 3 is 2.57 bits per heavy atom. The molecule has 1 aliphatic carbocycles. The Morgan fingerprint density at radius 2 is 2.13 bits per heavy atom. The molecule has 3 atom stereocenters. The number of amides is 1. The minimum atomic E-state index is -5.08. The van der Waals surface area contributed by atoms with Gasteiger partial charge in [0.1, 0.15) is 0 Å². The number of carboxylic acids is 1. The van der Waals surface area contributed by atoms with Crippen molar-refractivity contribution >= 4 is 23.2 Å². The fourth-order valence-corrected chi connectivity index (χ4v) is 3.46. The highest BCUT2D eigenvalue weighted by Crippen LogP contribution is 2.39. The first-order valence-corrected chi connectivity index (χ1v) is 8.00. The van der Waals surface area contributed by atoms with E-state index >= 15 is 0 Å². The SMILES string of the molecule is O=C(NCCc1cccs1)C1C2CNC1C2.O=C(O)C(F)(F)F. The van der Waals surface area contributed by atoms with E-state index in [0.717, 1.165) is 19.5 Å². The third-order valence-electron chi connectivity index (χ3n) is 3.94. The second-order valence-corrected chi connectivity index (χ2v) is 6.49. The number of alkyl halides is 3. The molecule has 0 aromatic carbocycles. The van der Waals surface area contributed by atoms with Gasteiger partial charge in [0.2, 0.25) is 5.91 Å². The van der Waals surface area contributed by atoms with E-state index in [0.29, 0.717) is 12.0 Å². The molecule has 2 aliphatic heterocycles. The Labute approximate surface area is 134 Å². The first-order chi connectivity index (χ1) is 10.8. The molecule has 3 aliphatic rings. The molecule has 3 unspecified atom stereocenters. The highest BCUT2D eigenvalue weighted by molar-refractivity contribution is 7.09. The monoisotopic (exact) mass is 350 g/mol. The van der Waals surface area contributed by atoms with Crippen LogP contribution in [-0.2, 0) is 16.0 Å². The molecule has 0 radical (unpaired) electrons. The zero-order valence-corrected chi connectivity index (χ0v) is 12.9. The molecule has 1 amide bonds. The van der Waals surface area contributed by atoms with Gasteiger partial charge in [-0.3, -0.25) is 4.79 Å². The van der Waals surface area contributed by atoms with Gasteiger partial charge in [0.25, 0.3) is 0 Å². The summed E-state index contributed by atoms with van der Waals surface area (Å²) in [5, 5.41) is 15.6. The number of rotatable bonds is 4. The molecule has 23 heavy (non-hydrogen) atoms. The van der Waals surface area contributed by atoms with Crippen molar-refractivity contribution in [3.05, 3.63) is 22.4 Å². The van der Waals surface area contributed by atoms with E-state index in [9.17, 15) is 18.0 Å². The number of aliphatic carboxylic acids is 1. The van der Waals surface area contributed by atoms with Gasteiger partial charge in [-0.05, 0) is 36.8 Å². The van der Waals surface area contributed by atoms with E-state index in [1.165, 1.54) is 11.3 Å². The number of carbonyl (C=O) groups is 2. The first-order valence-electron chi connectivity index (χ1n) is 7.12. The van der Waals surface area contributed by atoms with Crippen molar-refractivity contribution < 1.29 is 27.9 Å². The van der Waals surface area contributed by atoms with Crippen LogP contribution in [0.25, 0.3) is 0 Å². The minimum Gasteiger partial charge on any atom is -0.475 e. The van der Waals surface area contributed by atoms with Crippen LogP contribution in [0.5, 0.6) is 0 Å². The number of hydrogen-bond donors (Lipinski definition) is 3. The van der Waals surface area contributed by atoms with Gasteiger partial charge in [-0.2, -0.15) is 13.2 Å². The highest BCUT2D eigenvalue weighted by Gasteiger charge is 2.50. The molecular weight excluding hydrogens is 333 g/mol. The Hall–Kier alpha value is -1.61. The summed E-state index contributed by atoms with van der Waals surface area (Å²) in [6.07, 6.45) is -2.93. The summed E-state index contributed by atoms with van der Waals surface area (Å²) in [6.45, 7) is 1.81. The van der Waals surface area contributed by atoms with Crippen LogP contribution in [0.15, 0.2) is 17.5 Å². The van der Waals surface area contributed by atoms with Crippen molar-refractivity contribution in [3.63, 3.8) is 0 Å². The summed E-state index contributed by atoms with van der Waals surface area (Å²) in [4.78, 5) is 22.1. The lowest BCUT2D eigenvalue weighted by atomic mass is 9.73. The van der Waals surface area contributed by atoms with Crippen LogP contribution in [0.4, 0.5) is 13.2 Å². The molecule has 1 saturated carbocycles. The third kappa shape index (κ3) is 4.68. The lowest BCUT2D eigenvalue weighted by Crippen LogP contribution is -2.47. The Kier molecular flexibility index (Phi) is 5.64. The minimum absolute atomic E-state index is 0.253. The second-order valence-electron chi connectivity index (χ2n) is 5.46. The number of hydrogen-bond acceptors (Lipinski definition) is 4. The molecule has 1 aromatic rings. The molecule has 3 N–H and O–H groups in total. The van der Waals surface area contributed by atoms with Crippen LogP contribution in [-0.4, -0.2) is 42.3 Å². The van der Waals surface area contributed by atoms with Crippen molar-refractivity contribution in [2.75, 3.05) is 13.1 Å². The van der Waals surface area contributed by atoms with E-state index in [4.69, 9.17) is 9.90 Å². The summed E-state index contributed by atoms with van der Waals surface area (Å²) in [5.41, 5.74) is 0. The zero-order valence-electron chi connectivity index (χ0n) is 12.1. The number of halogens is 3. The molecular formula is C14H17F3N2O3S.